The van der Waals surface area contributed by atoms with Crippen LogP contribution in [-0.4, -0.2) is 0 Å². The van der Waals surface area contributed by atoms with Crippen LogP contribution < -0.4 is 19.7 Å². The van der Waals surface area contributed by atoms with E-state index >= 15 is 13.2 Å². The van der Waals surface area contributed by atoms with E-state index in [1.807, 2.05) is 62.4 Å². The highest BCUT2D eigenvalue weighted by atomic mass is 79.9. The number of hydrogen-bond donors (Lipinski definition) is 1. The summed E-state index contributed by atoms with van der Waals surface area (Å²) in [5, 5.41) is -8.55. The number of nitrogens with one attached hydrogen (secondary N) is 1. The van der Waals surface area contributed by atoms with Gasteiger partial charge in [0.15, 0.2) is 116 Å². The number of anilines is 5. The third kappa shape index (κ3) is 8.28. The number of para-hydroxylation sites is 8. The van der Waals surface area contributed by atoms with Gasteiger partial charge < -0.3 is 19.7 Å². The summed E-state index contributed by atoms with van der Waals surface area (Å²) in [6.45, 7) is 4.00. The van der Waals surface area contributed by atoms with E-state index in [4.69, 9.17) is 9.47 Å². The first-order chi connectivity index (χ1) is 36.7. The summed E-state index contributed by atoms with van der Waals surface area (Å²) in [6, 6.07) is 27.2. The van der Waals surface area contributed by atoms with Crippen LogP contribution in [0.5, 0.6) is 23.0 Å². The molecule has 0 saturated heterocycles. The molecule has 0 radical (unpaired) electrons. The molecule has 0 aliphatic carbocycles. The summed E-state index contributed by atoms with van der Waals surface area (Å²) in [4.78, 5) is 0.915. The maximum absolute atomic E-state index is 15.5. The zero-order chi connectivity index (χ0) is 55.8. The fourth-order valence-electron chi connectivity index (χ4n) is 8.46. The quantitative estimate of drug-likeness (QED) is 0.0769. The van der Waals surface area contributed by atoms with Crippen molar-refractivity contribution in [2.24, 2.45) is 0 Å². The van der Waals surface area contributed by atoms with Crippen LogP contribution in [0.3, 0.4) is 0 Å². The van der Waals surface area contributed by atoms with Crippen LogP contribution in [0, 0.1) is 105 Å². The maximum Gasteiger partial charge on any atom is 0.198 e. The Kier molecular flexibility index (Phi) is 14.1. The molecule has 0 saturated carbocycles. The molecular formula is C54H23BrF18N2O2. The Morgan fingerprint density at radius 2 is 0.545 bits per heavy atom. The van der Waals surface area contributed by atoms with Crippen LogP contribution >= 0.6 is 15.9 Å². The standard InChI is InChI=1S/C26H8F9NO.C14BrF9.C12H9NO.C2H6/c27-17-13-15(20(30)24(34)22(32)18(13)28)26(16-14(17)19(29)23(33)25(35)21(16)31)36-9-5-1-3-7-11(9)37-12-8-4-2-6-10(12)36;15-5-1-3(9(19)13(23)11(21)7(1)17)6(16)4-2(5)8(18)12(22)14(24)10(4)20;1-3-7-11-9(5-1)13-10-6-2-4-8-12(10)14-11;1-2/h1-8H;;1-8,13H;1-2H3. The molecule has 2 aliphatic rings. The number of rotatable bonds is 1. The van der Waals surface area contributed by atoms with Gasteiger partial charge in [0.1, 0.15) is 11.6 Å². The van der Waals surface area contributed by atoms with Crippen LogP contribution in [-0.2, 0) is 0 Å². The second-order valence-electron chi connectivity index (χ2n) is 15.9. The maximum atomic E-state index is 15.5. The number of hydrogen-bond acceptors (Lipinski definition) is 4. The largest absolute Gasteiger partial charge is 0.453 e. The number of nitrogens with zero attached hydrogens (tertiary/aromatic N) is 1. The van der Waals surface area contributed by atoms with Gasteiger partial charge in [-0.25, -0.2) is 79.0 Å². The SMILES string of the molecule is CC.Fc1c(F)c(F)c2c(Br)c3c(F)c(F)c(F)c(F)c3c(F)c2c1F.Fc1c(F)c(F)c2c(N3c4ccccc4Oc4ccccc43)c3c(F)c(F)c(F)c(F)c3c(F)c2c1F.c1ccc2c(c1)Nc1ccccc1O2. The summed E-state index contributed by atoms with van der Waals surface area (Å²) < 4.78 is 267. The minimum Gasteiger partial charge on any atom is -0.453 e. The Morgan fingerprint density at radius 1 is 0.299 bits per heavy atom. The summed E-state index contributed by atoms with van der Waals surface area (Å²) in [5.41, 5.74) is 0.923. The molecule has 0 amide bonds. The van der Waals surface area contributed by atoms with Gasteiger partial charge in [-0.1, -0.05) is 62.4 Å². The van der Waals surface area contributed by atoms with Crippen molar-refractivity contribution >= 4 is 87.5 Å². The molecule has 10 aromatic carbocycles. The van der Waals surface area contributed by atoms with Gasteiger partial charge in [0.25, 0.3) is 0 Å². The zero-order valence-corrected chi connectivity index (χ0v) is 39.8. The smallest absolute Gasteiger partial charge is 0.198 e. The summed E-state index contributed by atoms with van der Waals surface area (Å²) in [7, 11) is 0. The molecule has 1 N–H and O–H groups in total. The first-order valence-electron chi connectivity index (χ1n) is 21.9. The fourth-order valence-corrected chi connectivity index (χ4v) is 9.20. The number of fused-ring (bicyclic) bond motifs is 8. The van der Waals surface area contributed by atoms with Gasteiger partial charge in [0.2, 0.25) is 0 Å². The van der Waals surface area contributed by atoms with Crippen molar-refractivity contribution in [1.82, 2.24) is 0 Å². The molecule has 2 heterocycles. The molecule has 23 heteroatoms. The lowest BCUT2D eigenvalue weighted by molar-refractivity contribution is 0.413. The summed E-state index contributed by atoms with van der Waals surface area (Å²) >= 11 is 2.45. The Labute approximate surface area is 428 Å². The lowest BCUT2D eigenvalue weighted by Crippen LogP contribution is -2.19. The van der Waals surface area contributed by atoms with Gasteiger partial charge in [-0.15, -0.1) is 0 Å². The molecule has 77 heavy (non-hydrogen) atoms. The number of ether oxygens (including phenoxy) is 2. The van der Waals surface area contributed by atoms with E-state index in [9.17, 15) is 65.9 Å². The van der Waals surface area contributed by atoms with Crippen LogP contribution in [0.1, 0.15) is 13.8 Å². The first kappa shape index (κ1) is 53.5. The summed E-state index contributed by atoms with van der Waals surface area (Å²) in [5.74, 6) is -39.3. The molecule has 12 rings (SSSR count). The van der Waals surface area contributed by atoms with E-state index in [0.29, 0.717) is 0 Å². The van der Waals surface area contributed by atoms with E-state index in [0.717, 1.165) is 27.8 Å². The molecule has 0 aromatic heterocycles. The summed E-state index contributed by atoms with van der Waals surface area (Å²) in [6.07, 6.45) is 0. The van der Waals surface area contributed by atoms with Gasteiger partial charge in [-0.2, -0.15) is 0 Å². The molecule has 0 spiro atoms. The van der Waals surface area contributed by atoms with E-state index in [2.05, 4.69) is 21.2 Å². The second-order valence-corrected chi connectivity index (χ2v) is 16.7. The lowest BCUT2D eigenvalue weighted by atomic mass is 9.95. The van der Waals surface area contributed by atoms with E-state index in [1.165, 1.54) is 48.5 Å². The van der Waals surface area contributed by atoms with Crippen LogP contribution in [0.2, 0.25) is 0 Å². The highest BCUT2D eigenvalue weighted by molar-refractivity contribution is 9.10. The van der Waals surface area contributed by atoms with Gasteiger partial charge in [0, 0.05) is 15.2 Å². The van der Waals surface area contributed by atoms with Crippen molar-refractivity contribution < 1.29 is 88.5 Å². The third-order valence-electron chi connectivity index (χ3n) is 11.8. The highest BCUT2D eigenvalue weighted by Gasteiger charge is 2.38. The molecule has 0 fully saturated rings. The molecule has 394 valence electrons. The number of benzene rings is 10. The third-order valence-corrected chi connectivity index (χ3v) is 12.6. The predicted molar refractivity (Wildman–Crippen MR) is 252 cm³/mol. The molecule has 10 aromatic rings. The Morgan fingerprint density at radius 3 is 0.883 bits per heavy atom. The Balaban J connectivity index is 0.000000154. The van der Waals surface area contributed by atoms with Gasteiger partial charge in [-0.3, -0.25) is 0 Å². The monoisotopic (exact) mass is 1150 g/mol. The lowest BCUT2D eigenvalue weighted by Gasteiger charge is -2.34. The molecule has 2 aliphatic heterocycles. The molecular weight excluding hydrogens is 1130 g/mol. The minimum absolute atomic E-state index is 0.0266. The molecule has 0 unspecified atom stereocenters. The molecule has 0 bridgehead atoms. The topological polar surface area (TPSA) is 33.7 Å². The second kappa shape index (κ2) is 20.3. The van der Waals surface area contributed by atoms with E-state index in [1.54, 1.807) is 0 Å². The Bertz CT molecular complexity index is 3760. The van der Waals surface area contributed by atoms with Crippen LogP contribution in [0.15, 0.2) is 102 Å². The van der Waals surface area contributed by atoms with Gasteiger partial charge >= 0.3 is 0 Å². The normalized spacial score (nSPS) is 12.0. The van der Waals surface area contributed by atoms with E-state index in [-0.39, 0.29) is 22.9 Å². The predicted octanol–water partition coefficient (Wildman–Crippen LogP) is 19.4. The van der Waals surface area contributed by atoms with Crippen molar-refractivity contribution in [2.75, 3.05) is 10.2 Å². The molecule has 4 nitrogen and oxygen atoms in total. The average Bonchev–Trinajstić information content (AvgIpc) is 3.57. The van der Waals surface area contributed by atoms with Crippen molar-refractivity contribution in [3.05, 3.63) is 206 Å². The number of halogens is 19. The average molecular weight is 1150 g/mol. The molecule has 0 atom stereocenters. The Hall–Kier alpha value is -8.34. The fraction of sp³-hybridized carbons (Fsp3) is 0.0370. The van der Waals surface area contributed by atoms with Gasteiger partial charge in [-0.05, 0) is 64.5 Å². The van der Waals surface area contributed by atoms with Crippen LogP contribution in [0.25, 0.3) is 43.1 Å². The van der Waals surface area contributed by atoms with Crippen molar-refractivity contribution in [3.63, 3.8) is 0 Å². The van der Waals surface area contributed by atoms with Crippen molar-refractivity contribution in [1.29, 1.82) is 0 Å². The van der Waals surface area contributed by atoms with Gasteiger partial charge in [0.05, 0.1) is 60.8 Å². The van der Waals surface area contributed by atoms with E-state index < -0.39 is 158 Å². The van der Waals surface area contributed by atoms with Crippen molar-refractivity contribution in [3.8, 4) is 23.0 Å². The first-order valence-corrected chi connectivity index (χ1v) is 22.7. The van der Waals surface area contributed by atoms with Crippen LogP contribution in [0.4, 0.5) is 107 Å². The highest BCUT2D eigenvalue weighted by Crippen LogP contribution is 2.56. The zero-order valence-electron chi connectivity index (χ0n) is 38.2. The van der Waals surface area contributed by atoms with Crippen molar-refractivity contribution in [2.45, 2.75) is 13.8 Å². The minimum atomic E-state index is -2.44.